The van der Waals surface area contributed by atoms with E-state index < -0.39 is 0 Å². The number of likely N-dealkylation sites (tertiary alicyclic amines) is 1. The van der Waals surface area contributed by atoms with Crippen LogP contribution in [0.2, 0.25) is 0 Å². The van der Waals surface area contributed by atoms with Gasteiger partial charge in [0.05, 0.1) is 29.8 Å². The summed E-state index contributed by atoms with van der Waals surface area (Å²) < 4.78 is 1.89. The molecule has 4 heterocycles. The van der Waals surface area contributed by atoms with Crippen LogP contribution in [0.5, 0.6) is 0 Å². The molecule has 1 fully saturated rings. The Balaban J connectivity index is 1.52. The number of nitrogens with zero attached hydrogens (tertiary/aromatic N) is 6. The number of piperidine rings is 1. The van der Waals surface area contributed by atoms with Crippen LogP contribution in [0.25, 0.3) is 27.6 Å². The Morgan fingerprint density at radius 2 is 2.00 bits per heavy atom. The van der Waals surface area contributed by atoms with Crippen molar-refractivity contribution in [3.63, 3.8) is 0 Å². The fourth-order valence-corrected chi connectivity index (χ4v) is 3.57. The average Bonchev–Trinajstić information content (AvgIpc) is 3.27. The molecule has 5 rings (SSSR count). The van der Waals surface area contributed by atoms with Gasteiger partial charge in [-0.25, -0.2) is 14.6 Å². The highest BCUT2D eigenvalue weighted by Gasteiger charge is 2.21. The maximum Gasteiger partial charge on any atom is 0.132 e. The van der Waals surface area contributed by atoms with Crippen LogP contribution in [0.15, 0.2) is 36.8 Å². The van der Waals surface area contributed by atoms with Gasteiger partial charge in [-0.05, 0) is 51.2 Å². The Kier molecular flexibility index (Phi) is 3.27. The van der Waals surface area contributed by atoms with E-state index in [1.54, 1.807) is 0 Å². The van der Waals surface area contributed by atoms with Gasteiger partial charge in [-0.1, -0.05) is 0 Å². The van der Waals surface area contributed by atoms with Crippen molar-refractivity contribution in [2.45, 2.75) is 18.8 Å². The zero-order chi connectivity index (χ0) is 16.8. The Labute approximate surface area is 144 Å². The summed E-state index contributed by atoms with van der Waals surface area (Å²) in [6.45, 7) is 2.21. The summed E-state index contributed by atoms with van der Waals surface area (Å²) >= 11 is 0. The molecule has 0 amide bonds. The molecule has 0 bridgehead atoms. The average molecular weight is 333 g/mol. The molecule has 1 N–H and O–H groups in total. The summed E-state index contributed by atoms with van der Waals surface area (Å²) in [6, 6.07) is 6.10. The fourth-order valence-electron chi connectivity index (χ4n) is 3.57. The Morgan fingerprint density at radius 1 is 1.12 bits per heavy atom. The zero-order valence-electron chi connectivity index (χ0n) is 14.1. The molecular weight excluding hydrogens is 314 g/mol. The lowest BCUT2D eigenvalue weighted by Gasteiger charge is -2.27. The molecule has 0 atom stereocenters. The van der Waals surface area contributed by atoms with Crippen LogP contribution in [0, 0.1) is 0 Å². The lowest BCUT2D eigenvalue weighted by atomic mass is 9.96. The van der Waals surface area contributed by atoms with Crippen LogP contribution < -0.4 is 0 Å². The van der Waals surface area contributed by atoms with E-state index in [1.807, 2.05) is 35.4 Å². The smallest absolute Gasteiger partial charge is 0.132 e. The van der Waals surface area contributed by atoms with E-state index in [0.717, 1.165) is 59.4 Å². The summed E-state index contributed by atoms with van der Waals surface area (Å²) in [5, 5.41) is 12.6. The van der Waals surface area contributed by atoms with E-state index in [-0.39, 0.29) is 0 Å². The summed E-state index contributed by atoms with van der Waals surface area (Å²) in [4.78, 5) is 11.8. The second kappa shape index (κ2) is 5.63. The number of fused-ring (bicyclic) bond motifs is 2. The second-order valence-corrected chi connectivity index (χ2v) is 6.77. The van der Waals surface area contributed by atoms with Gasteiger partial charge < -0.3 is 4.90 Å². The topological polar surface area (TPSA) is 75.5 Å². The predicted octanol–water partition coefficient (Wildman–Crippen LogP) is 2.50. The number of benzene rings is 1. The van der Waals surface area contributed by atoms with Gasteiger partial charge in [0.25, 0.3) is 0 Å². The van der Waals surface area contributed by atoms with Crippen molar-refractivity contribution in [1.82, 2.24) is 34.8 Å². The molecular formula is C18H19N7. The molecule has 1 aliphatic heterocycles. The minimum atomic E-state index is 0.450. The fraction of sp³-hybridized carbons (Fsp3) is 0.333. The third-order valence-electron chi connectivity index (χ3n) is 5.09. The quantitative estimate of drug-likeness (QED) is 0.610. The molecule has 1 aromatic carbocycles. The molecule has 0 saturated carbocycles. The SMILES string of the molecule is CN1CCC(c2ncc3c(cnn3-c3ccc4[nH]ncc4c3)n2)CC1. The molecule has 3 aromatic heterocycles. The van der Waals surface area contributed by atoms with Crippen LogP contribution in [0.4, 0.5) is 0 Å². The predicted molar refractivity (Wildman–Crippen MR) is 95.8 cm³/mol. The van der Waals surface area contributed by atoms with Gasteiger partial charge in [0, 0.05) is 11.3 Å². The number of aromatic nitrogens is 6. The molecule has 7 nitrogen and oxygen atoms in total. The van der Waals surface area contributed by atoms with Crippen molar-refractivity contribution < 1.29 is 0 Å². The van der Waals surface area contributed by atoms with Crippen molar-refractivity contribution in [1.29, 1.82) is 0 Å². The zero-order valence-corrected chi connectivity index (χ0v) is 14.1. The number of hydrogen-bond donors (Lipinski definition) is 1. The van der Waals surface area contributed by atoms with Gasteiger partial charge >= 0.3 is 0 Å². The van der Waals surface area contributed by atoms with Crippen molar-refractivity contribution in [2.75, 3.05) is 20.1 Å². The monoisotopic (exact) mass is 333 g/mol. The Morgan fingerprint density at radius 3 is 2.88 bits per heavy atom. The van der Waals surface area contributed by atoms with Crippen LogP contribution in [0.1, 0.15) is 24.6 Å². The van der Waals surface area contributed by atoms with E-state index in [9.17, 15) is 0 Å². The molecule has 7 heteroatoms. The van der Waals surface area contributed by atoms with Crippen molar-refractivity contribution >= 4 is 21.9 Å². The van der Waals surface area contributed by atoms with E-state index in [4.69, 9.17) is 4.98 Å². The van der Waals surface area contributed by atoms with E-state index in [2.05, 4.69) is 38.3 Å². The third kappa shape index (κ3) is 2.47. The van der Waals surface area contributed by atoms with Crippen LogP contribution in [-0.4, -0.2) is 55.0 Å². The molecule has 4 aromatic rings. The van der Waals surface area contributed by atoms with E-state index >= 15 is 0 Å². The van der Waals surface area contributed by atoms with E-state index in [0.29, 0.717) is 5.92 Å². The maximum atomic E-state index is 4.79. The summed E-state index contributed by atoms with van der Waals surface area (Å²) in [6.07, 6.45) is 7.79. The van der Waals surface area contributed by atoms with Gasteiger partial charge in [-0.3, -0.25) is 5.10 Å². The van der Waals surface area contributed by atoms with Gasteiger partial charge in [-0.15, -0.1) is 0 Å². The van der Waals surface area contributed by atoms with Crippen LogP contribution in [-0.2, 0) is 0 Å². The first-order valence-electron chi connectivity index (χ1n) is 8.61. The highest BCUT2D eigenvalue weighted by atomic mass is 15.3. The first-order valence-corrected chi connectivity index (χ1v) is 8.61. The second-order valence-electron chi connectivity index (χ2n) is 6.77. The molecule has 1 saturated heterocycles. The molecule has 0 radical (unpaired) electrons. The number of rotatable bonds is 2. The maximum absolute atomic E-state index is 4.79. The van der Waals surface area contributed by atoms with Gasteiger partial charge in [0.2, 0.25) is 0 Å². The van der Waals surface area contributed by atoms with Gasteiger partial charge in [0.1, 0.15) is 16.9 Å². The molecule has 0 unspecified atom stereocenters. The lowest BCUT2D eigenvalue weighted by molar-refractivity contribution is 0.251. The van der Waals surface area contributed by atoms with Crippen molar-refractivity contribution in [3.8, 4) is 5.69 Å². The van der Waals surface area contributed by atoms with Gasteiger partial charge in [-0.2, -0.15) is 10.2 Å². The Hall–Kier alpha value is -2.80. The summed E-state index contributed by atoms with van der Waals surface area (Å²) in [7, 11) is 2.17. The third-order valence-corrected chi connectivity index (χ3v) is 5.09. The molecule has 25 heavy (non-hydrogen) atoms. The van der Waals surface area contributed by atoms with Crippen LogP contribution >= 0.6 is 0 Å². The highest BCUT2D eigenvalue weighted by Crippen LogP contribution is 2.26. The van der Waals surface area contributed by atoms with E-state index in [1.165, 1.54) is 0 Å². The number of nitrogens with one attached hydrogen (secondary N) is 1. The first kappa shape index (κ1) is 14.5. The normalized spacial score (nSPS) is 16.8. The van der Waals surface area contributed by atoms with Crippen molar-refractivity contribution in [3.05, 3.63) is 42.6 Å². The van der Waals surface area contributed by atoms with Crippen molar-refractivity contribution in [2.24, 2.45) is 0 Å². The first-order chi connectivity index (χ1) is 12.3. The molecule has 1 aliphatic rings. The highest BCUT2D eigenvalue weighted by molar-refractivity contribution is 5.82. The molecule has 0 aliphatic carbocycles. The molecule has 126 valence electrons. The molecule has 0 spiro atoms. The number of aromatic amines is 1. The number of hydrogen-bond acceptors (Lipinski definition) is 5. The summed E-state index contributed by atoms with van der Waals surface area (Å²) in [5.74, 6) is 1.40. The summed E-state index contributed by atoms with van der Waals surface area (Å²) in [5.41, 5.74) is 3.83. The minimum absolute atomic E-state index is 0.450. The minimum Gasteiger partial charge on any atom is -0.306 e. The van der Waals surface area contributed by atoms with Gasteiger partial charge in [0.15, 0.2) is 0 Å². The lowest BCUT2D eigenvalue weighted by Crippen LogP contribution is -2.29. The Bertz CT molecular complexity index is 1040. The largest absolute Gasteiger partial charge is 0.306 e. The number of H-pyrrole nitrogens is 1. The van der Waals surface area contributed by atoms with Crippen LogP contribution in [0.3, 0.4) is 0 Å². The standard InChI is InChI=1S/C18H19N7/c1-24-6-4-12(5-7-24)18-19-11-17-16(22-18)10-21-25(17)14-2-3-15-13(8-14)9-20-23-15/h2-3,8-12H,4-7H2,1H3,(H,20,23).